The summed E-state index contributed by atoms with van der Waals surface area (Å²) in [5.41, 5.74) is 11.2. The molecule has 1 aliphatic heterocycles. The summed E-state index contributed by atoms with van der Waals surface area (Å²) in [7, 11) is 0. The molecule has 0 aliphatic carbocycles. The predicted octanol–water partition coefficient (Wildman–Crippen LogP) is -0.491. The van der Waals surface area contributed by atoms with E-state index in [2.05, 4.69) is 21.3 Å². The molecule has 8 N–H and O–H groups in total. The zero-order valence-corrected chi connectivity index (χ0v) is 19.9. The molecule has 0 radical (unpaired) electrons. The van der Waals surface area contributed by atoms with E-state index >= 15 is 0 Å². The summed E-state index contributed by atoms with van der Waals surface area (Å²) in [5, 5.41) is 11.1. The topological polar surface area (TPSA) is 168 Å². The van der Waals surface area contributed by atoms with Crippen LogP contribution in [0.2, 0.25) is 0 Å². The molecule has 1 heterocycles. The highest BCUT2D eigenvalue weighted by Crippen LogP contribution is 2.11. The van der Waals surface area contributed by atoms with Crippen molar-refractivity contribution < 1.29 is 19.2 Å². The van der Waals surface area contributed by atoms with Gasteiger partial charge in [-0.2, -0.15) is 0 Å². The van der Waals surface area contributed by atoms with E-state index in [1.54, 1.807) is 0 Å². The second-order valence-electron chi connectivity index (χ2n) is 9.37. The van der Waals surface area contributed by atoms with E-state index in [0.29, 0.717) is 51.6 Å². The fourth-order valence-electron chi connectivity index (χ4n) is 3.68. The second-order valence-corrected chi connectivity index (χ2v) is 9.37. The molecule has 0 saturated carbocycles. The molecule has 4 amide bonds. The molecule has 0 spiro atoms. The molecule has 0 aromatic heterocycles. The lowest BCUT2D eigenvalue weighted by Crippen LogP contribution is -2.61. The molecule has 1 aliphatic rings. The maximum Gasteiger partial charge on any atom is 0.243 e. The van der Waals surface area contributed by atoms with Crippen LogP contribution in [-0.2, 0) is 19.2 Å². The Hall–Kier alpha value is -2.20. The molecule has 184 valence electrons. The summed E-state index contributed by atoms with van der Waals surface area (Å²) in [6.07, 6.45) is 2.54. The van der Waals surface area contributed by atoms with Crippen molar-refractivity contribution in [3.63, 3.8) is 0 Å². The first kappa shape index (κ1) is 27.8. The van der Waals surface area contributed by atoms with E-state index in [9.17, 15) is 19.2 Å². The van der Waals surface area contributed by atoms with Crippen LogP contribution in [0, 0.1) is 11.8 Å². The van der Waals surface area contributed by atoms with Gasteiger partial charge in [-0.3, -0.25) is 19.2 Å². The number of carbonyl (C=O) groups excluding carboxylic acids is 4. The number of hydrogen-bond acceptors (Lipinski definition) is 6. The van der Waals surface area contributed by atoms with Crippen LogP contribution in [0.15, 0.2) is 0 Å². The van der Waals surface area contributed by atoms with Gasteiger partial charge in [0.2, 0.25) is 23.6 Å². The first-order chi connectivity index (χ1) is 15.1. The van der Waals surface area contributed by atoms with E-state index in [1.807, 2.05) is 27.7 Å². The Morgan fingerprint density at radius 1 is 0.594 bits per heavy atom. The third-order valence-corrected chi connectivity index (χ3v) is 5.34. The summed E-state index contributed by atoms with van der Waals surface area (Å²) in [6.45, 7) is 8.50. The monoisotopic (exact) mass is 454 g/mol. The number of carbonyl (C=O) groups is 4. The van der Waals surface area contributed by atoms with Gasteiger partial charge in [-0.05, 0) is 63.5 Å². The van der Waals surface area contributed by atoms with Gasteiger partial charge in [-0.15, -0.1) is 0 Å². The summed E-state index contributed by atoms with van der Waals surface area (Å²) in [6, 6.07) is -3.32. The highest BCUT2D eigenvalue weighted by atomic mass is 16.2. The third-order valence-electron chi connectivity index (χ3n) is 5.34. The van der Waals surface area contributed by atoms with Crippen molar-refractivity contribution >= 4 is 23.6 Å². The molecule has 0 unspecified atom stereocenters. The van der Waals surface area contributed by atoms with Crippen LogP contribution in [0.25, 0.3) is 0 Å². The van der Waals surface area contributed by atoms with E-state index in [-0.39, 0.29) is 11.8 Å². The number of rotatable bonds is 10. The van der Waals surface area contributed by atoms with Crippen LogP contribution in [0.5, 0.6) is 0 Å². The van der Waals surface area contributed by atoms with Crippen molar-refractivity contribution in [1.29, 1.82) is 0 Å². The Balaban J connectivity index is 3.28. The SMILES string of the molecule is CC(C)C[C@@H]1NC(=O)[C@H](CCCN)NC(=O)[C@H](CC(C)C)NC(=O)[C@H](CCCN)NC1=O. The standard InChI is InChI=1S/C22H42N6O4/c1-13(2)11-17-21(31)25-16(8-6-10-24)20(30)28-18(12-14(3)4)22(32)26-15(7-5-9-23)19(29)27-17/h13-18H,5-12,23-24H2,1-4H3,(H,25,31)(H,26,32)(H,27,29)(H,28,30)/t15-,16-,17-,18-/m0/s1. The van der Waals surface area contributed by atoms with Gasteiger partial charge in [0.1, 0.15) is 24.2 Å². The van der Waals surface area contributed by atoms with Gasteiger partial charge in [0.25, 0.3) is 0 Å². The molecule has 0 aromatic carbocycles. The van der Waals surface area contributed by atoms with Gasteiger partial charge < -0.3 is 32.7 Å². The molecule has 10 heteroatoms. The number of hydrogen-bond donors (Lipinski definition) is 6. The van der Waals surface area contributed by atoms with Gasteiger partial charge in [0, 0.05) is 0 Å². The van der Waals surface area contributed by atoms with Crippen LogP contribution in [0.1, 0.15) is 66.2 Å². The van der Waals surface area contributed by atoms with Gasteiger partial charge >= 0.3 is 0 Å². The fraction of sp³-hybridized carbons (Fsp3) is 0.818. The zero-order valence-electron chi connectivity index (χ0n) is 19.9. The normalized spacial score (nSPS) is 25.5. The lowest BCUT2D eigenvalue weighted by molar-refractivity contribution is -0.137. The maximum atomic E-state index is 13.0. The summed E-state index contributed by atoms with van der Waals surface area (Å²) < 4.78 is 0. The van der Waals surface area contributed by atoms with Crippen LogP contribution >= 0.6 is 0 Å². The Bertz CT molecular complexity index is 586. The smallest absolute Gasteiger partial charge is 0.243 e. The number of nitrogens with two attached hydrogens (primary N) is 2. The largest absolute Gasteiger partial charge is 0.343 e. The minimum atomic E-state index is -0.840. The number of amides is 4. The number of nitrogens with one attached hydrogen (secondary N) is 4. The molecule has 1 fully saturated rings. The molecule has 10 nitrogen and oxygen atoms in total. The van der Waals surface area contributed by atoms with Crippen molar-refractivity contribution in [2.24, 2.45) is 23.3 Å². The second kappa shape index (κ2) is 14.1. The molecule has 32 heavy (non-hydrogen) atoms. The predicted molar refractivity (Wildman–Crippen MR) is 123 cm³/mol. The minimum absolute atomic E-state index is 0.128. The first-order valence-electron chi connectivity index (χ1n) is 11.7. The summed E-state index contributed by atoms with van der Waals surface area (Å²) >= 11 is 0. The van der Waals surface area contributed by atoms with Crippen LogP contribution in [0.3, 0.4) is 0 Å². The summed E-state index contributed by atoms with van der Waals surface area (Å²) in [4.78, 5) is 52.1. The van der Waals surface area contributed by atoms with Crippen LogP contribution < -0.4 is 32.7 Å². The van der Waals surface area contributed by atoms with E-state index in [0.717, 1.165) is 0 Å². The third kappa shape index (κ3) is 9.52. The molecule has 0 bridgehead atoms. The fourth-order valence-corrected chi connectivity index (χ4v) is 3.68. The lowest BCUT2D eigenvalue weighted by atomic mass is 9.99. The van der Waals surface area contributed by atoms with Crippen molar-refractivity contribution in [3.05, 3.63) is 0 Å². The summed E-state index contributed by atoms with van der Waals surface area (Å²) in [5.74, 6) is -1.45. The Morgan fingerprint density at radius 2 is 0.875 bits per heavy atom. The van der Waals surface area contributed by atoms with Crippen LogP contribution in [0.4, 0.5) is 0 Å². The average molecular weight is 455 g/mol. The van der Waals surface area contributed by atoms with E-state index in [4.69, 9.17) is 11.5 Å². The Morgan fingerprint density at radius 3 is 1.16 bits per heavy atom. The molecular weight excluding hydrogens is 412 g/mol. The van der Waals surface area contributed by atoms with Gasteiger partial charge in [0.15, 0.2) is 0 Å². The van der Waals surface area contributed by atoms with E-state index < -0.39 is 47.8 Å². The van der Waals surface area contributed by atoms with Crippen LogP contribution in [-0.4, -0.2) is 60.9 Å². The highest BCUT2D eigenvalue weighted by Gasteiger charge is 2.34. The van der Waals surface area contributed by atoms with E-state index in [1.165, 1.54) is 0 Å². The van der Waals surface area contributed by atoms with Crippen molar-refractivity contribution in [1.82, 2.24) is 21.3 Å². The molecule has 0 aromatic rings. The molecular formula is C22H42N6O4. The van der Waals surface area contributed by atoms with Gasteiger partial charge in [-0.25, -0.2) is 0 Å². The zero-order chi connectivity index (χ0) is 24.3. The lowest BCUT2D eigenvalue weighted by Gasteiger charge is -2.30. The Kier molecular flexibility index (Phi) is 12.2. The van der Waals surface area contributed by atoms with Crippen molar-refractivity contribution in [2.45, 2.75) is 90.4 Å². The maximum absolute atomic E-state index is 13.0. The minimum Gasteiger partial charge on any atom is -0.343 e. The Labute approximate surface area is 191 Å². The van der Waals surface area contributed by atoms with Gasteiger partial charge in [0.05, 0.1) is 0 Å². The van der Waals surface area contributed by atoms with Gasteiger partial charge in [-0.1, -0.05) is 27.7 Å². The van der Waals surface area contributed by atoms with Crippen molar-refractivity contribution in [3.8, 4) is 0 Å². The first-order valence-corrected chi connectivity index (χ1v) is 11.7. The quantitative estimate of drug-likeness (QED) is 0.260. The molecule has 1 saturated heterocycles. The highest BCUT2D eigenvalue weighted by molar-refractivity contribution is 5.97. The average Bonchev–Trinajstić information content (AvgIpc) is 2.71. The molecule has 4 atom stereocenters. The molecule has 1 rings (SSSR count). The van der Waals surface area contributed by atoms with Crippen molar-refractivity contribution in [2.75, 3.05) is 13.1 Å².